The molecule has 0 radical (unpaired) electrons. The Bertz CT molecular complexity index is 298. The summed E-state index contributed by atoms with van der Waals surface area (Å²) in [5.41, 5.74) is -0.678. The number of carbonyl (C=O) groups excluding carboxylic acids is 1. The van der Waals surface area contributed by atoms with Gasteiger partial charge in [0.2, 0.25) is 5.91 Å². The van der Waals surface area contributed by atoms with Gasteiger partial charge >= 0.3 is 5.97 Å². The van der Waals surface area contributed by atoms with Crippen LogP contribution in [0.15, 0.2) is 0 Å². The standard InChI is InChI=1S/C11H20N2O4/c1-3-11(5-4-6-12-11)10(17)13-8(7(2)14)9(15)16/h7-8,12,14H,3-6H2,1-2H3,(H,13,17)(H,15,16)/t7-,8+,11?/m1/s1. The molecule has 1 unspecified atom stereocenters. The van der Waals surface area contributed by atoms with Crippen molar-refractivity contribution in [1.82, 2.24) is 10.6 Å². The summed E-state index contributed by atoms with van der Waals surface area (Å²) in [4.78, 5) is 23.0. The van der Waals surface area contributed by atoms with Crippen LogP contribution in [0.4, 0.5) is 0 Å². The summed E-state index contributed by atoms with van der Waals surface area (Å²) in [5.74, 6) is -1.57. The van der Waals surface area contributed by atoms with Crippen LogP contribution in [0.3, 0.4) is 0 Å². The van der Waals surface area contributed by atoms with Crippen LogP contribution in [0, 0.1) is 0 Å². The highest BCUT2D eigenvalue weighted by Gasteiger charge is 2.41. The second-order valence-electron chi connectivity index (χ2n) is 4.50. The van der Waals surface area contributed by atoms with Crippen molar-refractivity contribution in [2.45, 2.75) is 50.8 Å². The quantitative estimate of drug-likeness (QED) is 0.521. The van der Waals surface area contributed by atoms with Crippen LogP contribution < -0.4 is 10.6 Å². The molecular weight excluding hydrogens is 224 g/mol. The minimum atomic E-state index is -1.26. The number of rotatable bonds is 5. The van der Waals surface area contributed by atoms with E-state index < -0.39 is 23.7 Å². The highest BCUT2D eigenvalue weighted by Crippen LogP contribution is 2.23. The molecule has 1 heterocycles. The van der Waals surface area contributed by atoms with E-state index in [4.69, 9.17) is 5.11 Å². The van der Waals surface area contributed by atoms with Gasteiger partial charge in [0.1, 0.15) is 0 Å². The van der Waals surface area contributed by atoms with Gasteiger partial charge in [-0.05, 0) is 32.7 Å². The van der Waals surface area contributed by atoms with Crippen LogP contribution >= 0.6 is 0 Å². The lowest BCUT2D eigenvalue weighted by atomic mass is 9.92. The molecule has 0 saturated carbocycles. The second-order valence-corrected chi connectivity index (χ2v) is 4.50. The average Bonchev–Trinajstić information content (AvgIpc) is 2.74. The maximum atomic E-state index is 12.1. The lowest BCUT2D eigenvalue weighted by Gasteiger charge is -2.29. The van der Waals surface area contributed by atoms with E-state index >= 15 is 0 Å². The molecule has 0 aliphatic carbocycles. The normalized spacial score (nSPS) is 27.5. The number of aliphatic hydroxyl groups excluding tert-OH is 1. The molecule has 1 amide bonds. The van der Waals surface area contributed by atoms with Crippen molar-refractivity contribution in [2.24, 2.45) is 0 Å². The molecule has 0 spiro atoms. The SMILES string of the molecule is CCC1(C(=O)N[C@H](C(=O)O)[C@@H](C)O)CCCN1. The summed E-state index contributed by atoms with van der Waals surface area (Å²) in [6, 6.07) is -1.26. The lowest BCUT2D eigenvalue weighted by Crippen LogP contribution is -2.58. The number of carbonyl (C=O) groups is 2. The molecule has 1 rings (SSSR count). The van der Waals surface area contributed by atoms with Crippen LogP contribution in [0.5, 0.6) is 0 Å². The highest BCUT2D eigenvalue weighted by molar-refractivity contribution is 5.90. The van der Waals surface area contributed by atoms with Crippen LogP contribution in [0.1, 0.15) is 33.1 Å². The number of amides is 1. The molecule has 1 fully saturated rings. The Kier molecular flexibility index (Phi) is 4.47. The van der Waals surface area contributed by atoms with Crippen molar-refractivity contribution in [3.63, 3.8) is 0 Å². The Hall–Kier alpha value is -1.14. The van der Waals surface area contributed by atoms with Gasteiger partial charge in [-0.25, -0.2) is 4.79 Å². The Morgan fingerprint density at radius 3 is 2.53 bits per heavy atom. The highest BCUT2D eigenvalue weighted by atomic mass is 16.4. The van der Waals surface area contributed by atoms with E-state index in [1.165, 1.54) is 6.92 Å². The molecule has 17 heavy (non-hydrogen) atoms. The number of nitrogens with one attached hydrogen (secondary N) is 2. The predicted octanol–water partition coefficient (Wildman–Crippen LogP) is -0.531. The number of aliphatic carboxylic acids is 1. The number of carboxylic acids is 1. The van der Waals surface area contributed by atoms with Crippen molar-refractivity contribution in [3.8, 4) is 0 Å². The van der Waals surface area contributed by atoms with Crippen molar-refractivity contribution in [1.29, 1.82) is 0 Å². The third-order valence-corrected chi connectivity index (χ3v) is 3.32. The number of aliphatic hydroxyl groups is 1. The fourth-order valence-electron chi connectivity index (χ4n) is 2.13. The van der Waals surface area contributed by atoms with E-state index in [1.807, 2.05) is 6.92 Å². The molecule has 0 aromatic heterocycles. The van der Waals surface area contributed by atoms with Gasteiger partial charge in [0.15, 0.2) is 6.04 Å². The summed E-state index contributed by atoms with van der Waals surface area (Å²) in [5, 5.41) is 23.7. The smallest absolute Gasteiger partial charge is 0.328 e. The van der Waals surface area contributed by atoms with Gasteiger partial charge in [-0.1, -0.05) is 6.92 Å². The van der Waals surface area contributed by atoms with Crippen molar-refractivity contribution in [2.75, 3.05) is 6.54 Å². The summed E-state index contributed by atoms with van der Waals surface area (Å²) in [7, 11) is 0. The number of carboxylic acid groups (broad SMARTS) is 1. The lowest BCUT2D eigenvalue weighted by molar-refractivity contribution is -0.145. The molecule has 6 nitrogen and oxygen atoms in total. The fourth-order valence-corrected chi connectivity index (χ4v) is 2.13. The molecule has 3 atom stereocenters. The molecule has 0 aromatic carbocycles. The molecule has 1 aliphatic rings. The van der Waals surface area contributed by atoms with E-state index in [9.17, 15) is 14.7 Å². The van der Waals surface area contributed by atoms with Gasteiger partial charge in [-0.15, -0.1) is 0 Å². The minimum absolute atomic E-state index is 0.342. The van der Waals surface area contributed by atoms with E-state index in [-0.39, 0.29) is 5.91 Å². The van der Waals surface area contributed by atoms with Gasteiger partial charge < -0.3 is 20.8 Å². The minimum Gasteiger partial charge on any atom is -0.480 e. The predicted molar refractivity (Wildman–Crippen MR) is 61.5 cm³/mol. The van der Waals surface area contributed by atoms with E-state index in [2.05, 4.69) is 10.6 Å². The Labute approximate surface area is 100 Å². The molecule has 4 N–H and O–H groups in total. The Morgan fingerprint density at radius 1 is 1.53 bits per heavy atom. The molecule has 1 saturated heterocycles. The molecule has 98 valence electrons. The van der Waals surface area contributed by atoms with Gasteiger partial charge in [0.25, 0.3) is 0 Å². The molecule has 0 bridgehead atoms. The van der Waals surface area contributed by atoms with Crippen LogP contribution in [0.2, 0.25) is 0 Å². The van der Waals surface area contributed by atoms with Gasteiger partial charge in [-0.3, -0.25) is 4.79 Å². The number of hydrogen-bond donors (Lipinski definition) is 4. The summed E-state index contributed by atoms with van der Waals surface area (Å²) in [6.07, 6.45) is 1.08. The van der Waals surface area contributed by atoms with Crippen LogP contribution in [-0.4, -0.2) is 46.3 Å². The molecular formula is C11H20N2O4. The van der Waals surface area contributed by atoms with Gasteiger partial charge in [-0.2, -0.15) is 0 Å². The molecule has 0 aromatic rings. The summed E-state index contributed by atoms with van der Waals surface area (Å²) < 4.78 is 0. The maximum absolute atomic E-state index is 12.1. The van der Waals surface area contributed by atoms with E-state index in [0.717, 1.165) is 13.0 Å². The number of hydrogen-bond acceptors (Lipinski definition) is 4. The topological polar surface area (TPSA) is 98.7 Å². The molecule has 1 aliphatic heterocycles. The van der Waals surface area contributed by atoms with Crippen molar-refractivity contribution >= 4 is 11.9 Å². The van der Waals surface area contributed by atoms with E-state index in [0.29, 0.717) is 12.8 Å². The zero-order valence-corrected chi connectivity index (χ0v) is 10.2. The van der Waals surface area contributed by atoms with E-state index in [1.54, 1.807) is 0 Å². The Morgan fingerprint density at radius 2 is 2.18 bits per heavy atom. The summed E-state index contributed by atoms with van der Waals surface area (Å²) >= 11 is 0. The zero-order chi connectivity index (χ0) is 13.1. The first-order chi connectivity index (χ1) is 7.93. The second kappa shape index (κ2) is 5.46. The van der Waals surface area contributed by atoms with Crippen molar-refractivity contribution < 1.29 is 19.8 Å². The molecule has 6 heteroatoms. The maximum Gasteiger partial charge on any atom is 0.328 e. The van der Waals surface area contributed by atoms with Crippen LogP contribution in [-0.2, 0) is 9.59 Å². The first-order valence-corrected chi connectivity index (χ1v) is 5.90. The largest absolute Gasteiger partial charge is 0.480 e. The first kappa shape index (κ1) is 13.9. The zero-order valence-electron chi connectivity index (χ0n) is 10.2. The fraction of sp³-hybridized carbons (Fsp3) is 0.818. The average molecular weight is 244 g/mol. The monoisotopic (exact) mass is 244 g/mol. The Balaban J connectivity index is 2.72. The third kappa shape index (κ3) is 2.95. The van der Waals surface area contributed by atoms with Crippen molar-refractivity contribution in [3.05, 3.63) is 0 Å². The van der Waals surface area contributed by atoms with Gasteiger partial charge in [0, 0.05) is 0 Å². The third-order valence-electron chi connectivity index (χ3n) is 3.32. The van der Waals surface area contributed by atoms with Crippen LogP contribution in [0.25, 0.3) is 0 Å². The first-order valence-electron chi connectivity index (χ1n) is 5.90. The summed E-state index contributed by atoms with van der Waals surface area (Å²) in [6.45, 7) is 3.99. The van der Waals surface area contributed by atoms with Gasteiger partial charge in [0.05, 0.1) is 11.6 Å².